The SMILES string of the molecule is Cc1cccc(-c2c(F)cccc2F)c1N1c2ccccc2C(C)(C)c2ccccc21. The molecule has 3 heteroatoms. The van der Waals surface area contributed by atoms with Crippen LogP contribution >= 0.6 is 0 Å². The highest BCUT2D eigenvalue weighted by Crippen LogP contribution is 2.54. The van der Waals surface area contributed by atoms with Gasteiger partial charge in [-0.3, -0.25) is 0 Å². The predicted octanol–water partition coefficient (Wildman–Crippen LogP) is 8.05. The summed E-state index contributed by atoms with van der Waals surface area (Å²) < 4.78 is 29.7. The Labute approximate surface area is 181 Å². The summed E-state index contributed by atoms with van der Waals surface area (Å²) in [6, 6.07) is 26.2. The first kappa shape index (κ1) is 19.5. The number of rotatable bonds is 2. The van der Waals surface area contributed by atoms with Gasteiger partial charge in [0.15, 0.2) is 0 Å². The van der Waals surface area contributed by atoms with Gasteiger partial charge < -0.3 is 4.90 Å². The van der Waals surface area contributed by atoms with Crippen LogP contribution < -0.4 is 4.90 Å². The van der Waals surface area contributed by atoms with Crippen LogP contribution in [0, 0.1) is 18.6 Å². The van der Waals surface area contributed by atoms with E-state index in [1.54, 1.807) is 6.07 Å². The first-order valence-corrected chi connectivity index (χ1v) is 10.4. The van der Waals surface area contributed by atoms with Crippen LogP contribution in [0.25, 0.3) is 11.1 Å². The van der Waals surface area contributed by atoms with Crippen molar-refractivity contribution < 1.29 is 8.78 Å². The Balaban J connectivity index is 1.88. The van der Waals surface area contributed by atoms with Gasteiger partial charge in [0, 0.05) is 11.0 Å². The second kappa shape index (κ2) is 7.05. The Hall–Kier alpha value is -3.46. The highest BCUT2D eigenvalue weighted by Gasteiger charge is 2.37. The number of hydrogen-bond acceptors (Lipinski definition) is 1. The Morgan fingerprint density at radius 1 is 0.645 bits per heavy atom. The number of halogens is 2. The van der Waals surface area contributed by atoms with Gasteiger partial charge in [0.25, 0.3) is 0 Å². The van der Waals surface area contributed by atoms with Crippen molar-refractivity contribution in [3.63, 3.8) is 0 Å². The molecule has 31 heavy (non-hydrogen) atoms. The summed E-state index contributed by atoms with van der Waals surface area (Å²) in [4.78, 5) is 2.16. The third-order valence-corrected chi connectivity index (χ3v) is 6.33. The molecule has 0 N–H and O–H groups in total. The summed E-state index contributed by atoms with van der Waals surface area (Å²) in [5, 5.41) is 0. The Morgan fingerprint density at radius 2 is 1.16 bits per heavy atom. The topological polar surface area (TPSA) is 3.24 Å². The van der Waals surface area contributed by atoms with Crippen LogP contribution in [0.5, 0.6) is 0 Å². The smallest absolute Gasteiger partial charge is 0.134 e. The largest absolute Gasteiger partial charge is 0.309 e. The van der Waals surface area contributed by atoms with Gasteiger partial charge in [0.2, 0.25) is 0 Å². The van der Waals surface area contributed by atoms with Crippen molar-refractivity contribution in [2.45, 2.75) is 26.2 Å². The molecule has 1 aliphatic heterocycles. The van der Waals surface area contributed by atoms with Crippen molar-refractivity contribution in [2.24, 2.45) is 0 Å². The van der Waals surface area contributed by atoms with E-state index in [0.717, 1.165) is 22.6 Å². The molecule has 0 unspecified atom stereocenters. The van der Waals surface area contributed by atoms with E-state index in [1.165, 1.54) is 29.3 Å². The maximum absolute atomic E-state index is 14.9. The second-order valence-corrected chi connectivity index (χ2v) is 8.56. The molecule has 154 valence electrons. The van der Waals surface area contributed by atoms with Crippen LogP contribution in [0.4, 0.5) is 25.8 Å². The Bertz CT molecular complexity index is 1240. The highest BCUT2D eigenvalue weighted by molar-refractivity contribution is 5.94. The molecule has 0 radical (unpaired) electrons. The van der Waals surface area contributed by atoms with Crippen molar-refractivity contribution in [3.05, 3.63) is 113 Å². The summed E-state index contributed by atoms with van der Waals surface area (Å²) >= 11 is 0. The fraction of sp³-hybridized carbons (Fsp3) is 0.143. The average molecular weight is 411 g/mol. The quantitative estimate of drug-likeness (QED) is 0.322. The van der Waals surface area contributed by atoms with E-state index in [9.17, 15) is 8.78 Å². The maximum Gasteiger partial charge on any atom is 0.134 e. The zero-order chi connectivity index (χ0) is 21.8. The third-order valence-electron chi connectivity index (χ3n) is 6.33. The zero-order valence-electron chi connectivity index (χ0n) is 17.8. The van der Waals surface area contributed by atoms with Gasteiger partial charge in [0.05, 0.1) is 22.6 Å². The average Bonchev–Trinajstić information content (AvgIpc) is 2.75. The lowest BCUT2D eigenvalue weighted by atomic mass is 9.73. The monoisotopic (exact) mass is 411 g/mol. The summed E-state index contributed by atoms with van der Waals surface area (Å²) in [5.41, 5.74) is 6.49. The lowest BCUT2D eigenvalue weighted by molar-refractivity contribution is 0.589. The van der Waals surface area contributed by atoms with E-state index in [1.807, 2.05) is 43.3 Å². The Kier molecular flexibility index (Phi) is 4.44. The van der Waals surface area contributed by atoms with Crippen LogP contribution in [0.3, 0.4) is 0 Å². The summed E-state index contributed by atoms with van der Waals surface area (Å²) in [6.45, 7) is 6.43. The van der Waals surface area contributed by atoms with Gasteiger partial charge in [0.1, 0.15) is 11.6 Å². The molecule has 1 heterocycles. The molecule has 4 aromatic rings. The minimum atomic E-state index is -0.564. The van der Waals surface area contributed by atoms with Gasteiger partial charge in [-0.25, -0.2) is 8.78 Å². The molecule has 0 amide bonds. The molecule has 5 rings (SSSR count). The molecule has 1 aliphatic rings. The lowest BCUT2D eigenvalue weighted by Gasteiger charge is -2.43. The van der Waals surface area contributed by atoms with Gasteiger partial charge in [-0.15, -0.1) is 0 Å². The van der Waals surface area contributed by atoms with E-state index in [0.29, 0.717) is 5.56 Å². The number of hydrogen-bond donors (Lipinski definition) is 0. The van der Waals surface area contributed by atoms with Gasteiger partial charge in [-0.05, 0) is 47.9 Å². The van der Waals surface area contributed by atoms with E-state index in [4.69, 9.17) is 0 Å². The molecule has 0 aliphatic carbocycles. The second-order valence-electron chi connectivity index (χ2n) is 8.56. The standard InChI is InChI=1S/C28H23F2N/c1-18-10-8-11-19(26-22(29)14-9-15-23(26)30)27(18)31-24-16-6-4-12-20(24)28(2,3)21-13-5-7-17-25(21)31/h4-17H,1-3H3. The number of benzene rings is 4. The third kappa shape index (κ3) is 2.88. The molecule has 0 spiro atoms. The van der Waals surface area contributed by atoms with E-state index < -0.39 is 11.6 Å². The number of para-hydroxylation sites is 3. The van der Waals surface area contributed by atoms with E-state index in [-0.39, 0.29) is 11.0 Å². The number of aryl methyl sites for hydroxylation is 1. The van der Waals surface area contributed by atoms with Crippen molar-refractivity contribution >= 4 is 17.1 Å². The summed E-state index contributed by atoms with van der Waals surface area (Å²) in [6.07, 6.45) is 0. The van der Waals surface area contributed by atoms with Crippen LogP contribution in [-0.4, -0.2) is 0 Å². The molecular formula is C28H23F2N. The van der Waals surface area contributed by atoms with Crippen molar-refractivity contribution in [1.82, 2.24) is 0 Å². The van der Waals surface area contributed by atoms with Crippen LogP contribution in [0.15, 0.2) is 84.9 Å². The number of nitrogens with zero attached hydrogens (tertiary/aromatic N) is 1. The van der Waals surface area contributed by atoms with Crippen LogP contribution in [0.1, 0.15) is 30.5 Å². The van der Waals surface area contributed by atoms with Gasteiger partial charge >= 0.3 is 0 Å². The Morgan fingerprint density at radius 3 is 1.74 bits per heavy atom. The van der Waals surface area contributed by atoms with Crippen LogP contribution in [0.2, 0.25) is 0 Å². The molecule has 0 fully saturated rings. The normalized spacial score (nSPS) is 14.2. The molecular weight excluding hydrogens is 388 g/mol. The number of fused-ring (bicyclic) bond motifs is 2. The molecule has 0 aromatic heterocycles. The first-order valence-electron chi connectivity index (χ1n) is 10.4. The van der Waals surface area contributed by atoms with Crippen LogP contribution in [-0.2, 0) is 5.41 Å². The summed E-state index contributed by atoms with van der Waals surface area (Å²) in [5.74, 6) is -1.13. The molecule has 0 saturated carbocycles. The zero-order valence-corrected chi connectivity index (χ0v) is 17.8. The molecule has 0 bridgehead atoms. The van der Waals surface area contributed by atoms with E-state index in [2.05, 4.69) is 43.0 Å². The molecule has 0 atom stereocenters. The van der Waals surface area contributed by atoms with Gasteiger partial charge in [-0.2, -0.15) is 0 Å². The minimum Gasteiger partial charge on any atom is -0.309 e. The maximum atomic E-state index is 14.9. The number of anilines is 3. The molecule has 0 saturated heterocycles. The van der Waals surface area contributed by atoms with E-state index >= 15 is 0 Å². The highest BCUT2D eigenvalue weighted by atomic mass is 19.1. The fourth-order valence-corrected chi connectivity index (χ4v) is 4.82. The van der Waals surface area contributed by atoms with Crippen molar-refractivity contribution in [3.8, 4) is 11.1 Å². The van der Waals surface area contributed by atoms with Gasteiger partial charge in [-0.1, -0.05) is 74.5 Å². The predicted molar refractivity (Wildman–Crippen MR) is 123 cm³/mol. The van der Waals surface area contributed by atoms with Crippen molar-refractivity contribution in [2.75, 3.05) is 4.90 Å². The fourth-order valence-electron chi connectivity index (χ4n) is 4.82. The molecule has 1 nitrogen and oxygen atoms in total. The lowest BCUT2D eigenvalue weighted by Crippen LogP contribution is -2.31. The molecule has 4 aromatic carbocycles. The summed E-state index contributed by atoms with van der Waals surface area (Å²) in [7, 11) is 0. The first-order chi connectivity index (χ1) is 14.9. The minimum absolute atomic E-state index is 0.000922. The van der Waals surface area contributed by atoms with Crippen molar-refractivity contribution in [1.29, 1.82) is 0 Å².